The third kappa shape index (κ3) is 3.57. The van der Waals surface area contributed by atoms with Crippen LogP contribution in [0, 0.1) is 10.1 Å². The highest BCUT2D eigenvalue weighted by atomic mass is 19.4. The Hall–Kier alpha value is -3.10. The zero-order valence-electron chi connectivity index (χ0n) is 11.3. The van der Waals surface area contributed by atoms with Gasteiger partial charge in [-0.3, -0.25) is 14.9 Å². The van der Waals surface area contributed by atoms with Crippen LogP contribution in [0.5, 0.6) is 5.75 Å². The van der Waals surface area contributed by atoms with Gasteiger partial charge in [0.1, 0.15) is 11.4 Å². The van der Waals surface area contributed by atoms with Crippen LogP contribution in [0.3, 0.4) is 0 Å². The van der Waals surface area contributed by atoms with Crippen LogP contribution >= 0.6 is 0 Å². The minimum Gasteiger partial charge on any atom is -0.507 e. The molecule has 0 atom stereocenters. The zero-order chi connectivity index (χ0) is 17.2. The lowest BCUT2D eigenvalue weighted by atomic mass is 10.1. The number of nitrogens with one attached hydrogen (secondary N) is 1. The predicted octanol–water partition coefficient (Wildman–Crippen LogP) is 3.57. The summed E-state index contributed by atoms with van der Waals surface area (Å²) in [7, 11) is 0. The minimum atomic E-state index is -4.72. The van der Waals surface area contributed by atoms with E-state index in [-0.39, 0.29) is 5.56 Å². The van der Waals surface area contributed by atoms with E-state index < -0.39 is 39.7 Å². The Morgan fingerprint density at radius 3 is 2.39 bits per heavy atom. The Bertz CT molecular complexity index is 775. The second-order valence-corrected chi connectivity index (χ2v) is 4.46. The van der Waals surface area contributed by atoms with Crippen LogP contribution in [0.2, 0.25) is 0 Å². The second kappa shape index (κ2) is 5.95. The molecule has 120 valence electrons. The van der Waals surface area contributed by atoms with Gasteiger partial charge in [0.2, 0.25) is 0 Å². The van der Waals surface area contributed by atoms with Gasteiger partial charge in [-0.25, -0.2) is 0 Å². The molecule has 0 bridgehead atoms. The summed E-state index contributed by atoms with van der Waals surface area (Å²) < 4.78 is 38.1. The van der Waals surface area contributed by atoms with E-state index in [1.54, 1.807) is 0 Å². The van der Waals surface area contributed by atoms with E-state index in [0.29, 0.717) is 18.2 Å². The first-order valence-electron chi connectivity index (χ1n) is 6.15. The average molecular weight is 326 g/mol. The Labute approximate surface area is 127 Å². The first-order chi connectivity index (χ1) is 10.7. The summed E-state index contributed by atoms with van der Waals surface area (Å²) in [5, 5.41) is 22.5. The smallest absolute Gasteiger partial charge is 0.416 e. The fourth-order valence-electron chi connectivity index (χ4n) is 1.83. The van der Waals surface area contributed by atoms with Crippen molar-refractivity contribution < 1.29 is 28.0 Å². The third-order valence-corrected chi connectivity index (χ3v) is 2.92. The number of rotatable bonds is 3. The monoisotopic (exact) mass is 326 g/mol. The Balaban J connectivity index is 2.43. The van der Waals surface area contributed by atoms with E-state index in [4.69, 9.17) is 0 Å². The number of hydrogen-bond acceptors (Lipinski definition) is 4. The molecule has 1 amide bonds. The van der Waals surface area contributed by atoms with E-state index in [2.05, 4.69) is 0 Å². The largest absolute Gasteiger partial charge is 0.507 e. The lowest BCUT2D eigenvalue weighted by Crippen LogP contribution is -2.14. The van der Waals surface area contributed by atoms with Crippen LogP contribution in [0.15, 0.2) is 42.5 Å². The van der Waals surface area contributed by atoms with Gasteiger partial charge < -0.3 is 10.4 Å². The third-order valence-electron chi connectivity index (χ3n) is 2.92. The number of carbonyl (C=O) groups is 1. The predicted molar refractivity (Wildman–Crippen MR) is 74.2 cm³/mol. The van der Waals surface area contributed by atoms with Crippen LogP contribution in [0.1, 0.15) is 15.9 Å². The summed E-state index contributed by atoms with van der Waals surface area (Å²) in [6.45, 7) is 0. The average Bonchev–Trinajstić information content (AvgIpc) is 2.46. The van der Waals surface area contributed by atoms with E-state index in [1.165, 1.54) is 24.3 Å². The molecule has 9 heteroatoms. The van der Waals surface area contributed by atoms with Crippen LogP contribution in [0.25, 0.3) is 0 Å². The molecule has 0 aliphatic heterocycles. The first kappa shape index (κ1) is 16.3. The lowest BCUT2D eigenvalue weighted by Gasteiger charge is -2.11. The number of nitro groups is 1. The molecular weight excluding hydrogens is 317 g/mol. The summed E-state index contributed by atoms with van der Waals surface area (Å²) in [6.07, 6.45) is -4.72. The highest BCUT2D eigenvalue weighted by Crippen LogP contribution is 2.35. The number of phenolic OH excluding ortho intramolecular Hbond substituents is 1. The first-order valence-corrected chi connectivity index (χ1v) is 6.15. The standard InChI is InChI=1S/C14H9F3N2O4/c15-14(16,17)8-5-6-11(19(22)23)10(7-8)18-13(21)9-3-1-2-4-12(9)20/h1-7,20H,(H,18,21). The number of nitrogens with zero attached hydrogens (tertiary/aromatic N) is 1. The molecule has 0 radical (unpaired) electrons. The van der Waals surface area contributed by atoms with Gasteiger partial charge in [-0.15, -0.1) is 0 Å². The number of amides is 1. The maximum Gasteiger partial charge on any atom is 0.416 e. The van der Waals surface area contributed by atoms with Gasteiger partial charge in [0, 0.05) is 6.07 Å². The van der Waals surface area contributed by atoms with Crippen molar-refractivity contribution in [1.82, 2.24) is 0 Å². The summed E-state index contributed by atoms with van der Waals surface area (Å²) in [5.74, 6) is -1.37. The zero-order valence-corrected chi connectivity index (χ0v) is 11.3. The molecule has 0 saturated carbocycles. The molecule has 2 aromatic rings. The number of carbonyl (C=O) groups excluding carboxylic acids is 1. The van der Waals surface area contributed by atoms with E-state index in [9.17, 15) is 33.2 Å². The van der Waals surface area contributed by atoms with Gasteiger partial charge >= 0.3 is 6.18 Å². The topological polar surface area (TPSA) is 92.5 Å². The molecule has 2 aromatic carbocycles. The van der Waals surface area contributed by atoms with Crippen molar-refractivity contribution in [2.75, 3.05) is 5.32 Å². The van der Waals surface area contributed by atoms with Gasteiger partial charge in [0.05, 0.1) is 16.1 Å². The SMILES string of the molecule is O=C(Nc1cc(C(F)(F)F)ccc1[N+](=O)[O-])c1ccccc1O. The van der Waals surface area contributed by atoms with Crippen molar-refractivity contribution in [3.8, 4) is 5.75 Å². The fraction of sp³-hybridized carbons (Fsp3) is 0.0714. The van der Waals surface area contributed by atoms with Crippen molar-refractivity contribution in [3.05, 3.63) is 63.7 Å². The normalized spacial score (nSPS) is 11.1. The van der Waals surface area contributed by atoms with Gasteiger partial charge in [-0.05, 0) is 24.3 Å². The molecular formula is C14H9F3N2O4. The summed E-state index contributed by atoms with van der Waals surface area (Å²) >= 11 is 0. The number of alkyl halides is 3. The molecule has 6 nitrogen and oxygen atoms in total. The van der Waals surface area contributed by atoms with Crippen LogP contribution < -0.4 is 5.32 Å². The van der Waals surface area contributed by atoms with Gasteiger partial charge in [0.15, 0.2) is 0 Å². The maximum atomic E-state index is 12.7. The number of anilines is 1. The van der Waals surface area contributed by atoms with Crippen molar-refractivity contribution in [3.63, 3.8) is 0 Å². The molecule has 0 saturated heterocycles. The lowest BCUT2D eigenvalue weighted by molar-refractivity contribution is -0.384. The summed E-state index contributed by atoms with van der Waals surface area (Å²) in [6, 6.07) is 6.97. The van der Waals surface area contributed by atoms with E-state index in [0.717, 1.165) is 0 Å². The van der Waals surface area contributed by atoms with Crippen molar-refractivity contribution in [2.45, 2.75) is 6.18 Å². The number of benzene rings is 2. The van der Waals surface area contributed by atoms with Crippen molar-refractivity contribution in [2.24, 2.45) is 0 Å². The molecule has 0 aliphatic rings. The fourth-order valence-corrected chi connectivity index (χ4v) is 1.83. The number of phenols is 1. The number of para-hydroxylation sites is 1. The highest BCUT2D eigenvalue weighted by Gasteiger charge is 2.32. The van der Waals surface area contributed by atoms with Gasteiger partial charge in [-0.1, -0.05) is 12.1 Å². The van der Waals surface area contributed by atoms with Crippen LogP contribution in [0.4, 0.5) is 24.5 Å². The minimum absolute atomic E-state index is 0.223. The van der Waals surface area contributed by atoms with Crippen LogP contribution in [-0.2, 0) is 6.18 Å². The Morgan fingerprint density at radius 2 is 1.83 bits per heavy atom. The number of hydrogen-bond donors (Lipinski definition) is 2. The molecule has 2 N–H and O–H groups in total. The maximum absolute atomic E-state index is 12.7. The number of halogens is 3. The molecule has 23 heavy (non-hydrogen) atoms. The second-order valence-electron chi connectivity index (χ2n) is 4.46. The molecule has 0 aromatic heterocycles. The number of nitro benzene ring substituents is 1. The van der Waals surface area contributed by atoms with E-state index >= 15 is 0 Å². The Morgan fingerprint density at radius 1 is 1.17 bits per heavy atom. The van der Waals surface area contributed by atoms with Gasteiger partial charge in [-0.2, -0.15) is 13.2 Å². The quantitative estimate of drug-likeness (QED) is 0.666. The summed E-state index contributed by atoms with van der Waals surface area (Å²) in [4.78, 5) is 22.0. The molecule has 0 aliphatic carbocycles. The van der Waals surface area contributed by atoms with Crippen LogP contribution in [-0.4, -0.2) is 15.9 Å². The highest BCUT2D eigenvalue weighted by molar-refractivity contribution is 6.07. The Kier molecular flexibility index (Phi) is 4.21. The molecule has 0 unspecified atom stereocenters. The van der Waals surface area contributed by atoms with E-state index in [1.807, 2.05) is 5.32 Å². The van der Waals surface area contributed by atoms with Crippen molar-refractivity contribution in [1.29, 1.82) is 0 Å². The molecule has 0 heterocycles. The molecule has 0 fully saturated rings. The molecule has 0 spiro atoms. The number of aromatic hydroxyl groups is 1. The van der Waals surface area contributed by atoms with Gasteiger partial charge in [0.25, 0.3) is 11.6 Å². The van der Waals surface area contributed by atoms with Crippen molar-refractivity contribution >= 4 is 17.3 Å². The summed E-state index contributed by atoms with van der Waals surface area (Å²) in [5.41, 5.74) is -2.67. The molecule has 2 rings (SSSR count).